The summed E-state index contributed by atoms with van der Waals surface area (Å²) in [6.07, 6.45) is 0.417. The highest BCUT2D eigenvalue weighted by Crippen LogP contribution is 2.21. The van der Waals surface area contributed by atoms with Crippen LogP contribution in [0.15, 0.2) is 0 Å². The Hall–Kier alpha value is 0.650. The molecular weight excluding hydrogens is 253 g/mol. The molecule has 1 atom stereocenters. The van der Waals surface area contributed by atoms with E-state index in [0.717, 1.165) is 17.6 Å². The van der Waals surface area contributed by atoms with Gasteiger partial charge < -0.3 is 33.2 Å². The zero-order valence-electron chi connectivity index (χ0n) is 7.80. The first-order valence-corrected chi connectivity index (χ1v) is 3.98. The highest BCUT2D eigenvalue weighted by Gasteiger charge is 2.36. The van der Waals surface area contributed by atoms with Crippen molar-refractivity contribution in [3.05, 3.63) is 0 Å². The molecule has 0 saturated carbocycles. The summed E-state index contributed by atoms with van der Waals surface area (Å²) < 4.78 is 6.63. The third-order valence-corrected chi connectivity index (χ3v) is 2.22. The van der Waals surface area contributed by atoms with Crippen LogP contribution in [-0.4, -0.2) is 38.0 Å². The van der Waals surface area contributed by atoms with Gasteiger partial charge in [-0.1, -0.05) is 13.8 Å². The van der Waals surface area contributed by atoms with Crippen molar-refractivity contribution in [1.82, 2.24) is 0 Å². The number of ether oxygens (including phenoxy) is 1. The van der Waals surface area contributed by atoms with Crippen LogP contribution in [-0.2, 0) is 4.74 Å². The lowest BCUT2D eigenvalue weighted by Crippen LogP contribution is -3.00. The summed E-state index contributed by atoms with van der Waals surface area (Å²) in [4.78, 5) is 0. The van der Waals surface area contributed by atoms with Gasteiger partial charge in [-0.2, -0.15) is 0 Å². The second-order valence-electron chi connectivity index (χ2n) is 4.01. The SMILES string of the molecule is CC(C)C1OCC[N+]1(C)C.[I-]. The molecule has 1 aliphatic rings. The minimum Gasteiger partial charge on any atom is -1.00 e. The van der Waals surface area contributed by atoms with E-state index in [-0.39, 0.29) is 24.0 Å². The van der Waals surface area contributed by atoms with Crippen molar-refractivity contribution in [1.29, 1.82) is 0 Å². The molecule has 1 heterocycles. The Balaban J connectivity index is 0.000001000. The van der Waals surface area contributed by atoms with Crippen LogP contribution in [0.3, 0.4) is 0 Å². The number of quaternary nitrogens is 1. The molecule has 3 heteroatoms. The average molecular weight is 271 g/mol. The fourth-order valence-electron chi connectivity index (χ4n) is 1.74. The molecule has 0 amide bonds. The number of nitrogens with zero attached hydrogens (tertiary/aromatic N) is 1. The highest BCUT2D eigenvalue weighted by molar-refractivity contribution is 4.56. The molecule has 1 unspecified atom stereocenters. The Morgan fingerprint density at radius 3 is 2.09 bits per heavy atom. The van der Waals surface area contributed by atoms with Crippen LogP contribution in [0.1, 0.15) is 13.8 Å². The van der Waals surface area contributed by atoms with E-state index in [4.69, 9.17) is 4.74 Å². The number of halogens is 1. The fraction of sp³-hybridized carbons (Fsp3) is 1.00. The number of hydrogen-bond acceptors (Lipinski definition) is 1. The smallest absolute Gasteiger partial charge is 0.195 e. The van der Waals surface area contributed by atoms with Crippen LogP contribution >= 0.6 is 0 Å². The van der Waals surface area contributed by atoms with Gasteiger partial charge in [-0.05, 0) is 0 Å². The zero-order chi connectivity index (χ0) is 7.78. The van der Waals surface area contributed by atoms with Gasteiger partial charge in [-0.25, -0.2) is 0 Å². The molecule has 0 aliphatic carbocycles. The predicted molar refractivity (Wildman–Crippen MR) is 41.6 cm³/mol. The predicted octanol–water partition coefficient (Wildman–Crippen LogP) is -1.92. The van der Waals surface area contributed by atoms with Crippen LogP contribution < -0.4 is 24.0 Å². The van der Waals surface area contributed by atoms with E-state index < -0.39 is 0 Å². The first-order valence-electron chi connectivity index (χ1n) is 3.98. The largest absolute Gasteiger partial charge is 1.00 e. The van der Waals surface area contributed by atoms with Crippen molar-refractivity contribution in [3.8, 4) is 0 Å². The first-order chi connectivity index (χ1) is 4.54. The van der Waals surface area contributed by atoms with Gasteiger partial charge in [0.15, 0.2) is 6.23 Å². The Bertz CT molecular complexity index is 125. The molecule has 0 radical (unpaired) electrons. The first kappa shape index (κ1) is 11.6. The zero-order valence-corrected chi connectivity index (χ0v) is 9.96. The molecule has 1 rings (SSSR count). The van der Waals surface area contributed by atoms with Gasteiger partial charge in [-0.15, -0.1) is 0 Å². The van der Waals surface area contributed by atoms with E-state index in [0.29, 0.717) is 12.1 Å². The summed E-state index contributed by atoms with van der Waals surface area (Å²) in [5, 5.41) is 0. The minimum absolute atomic E-state index is 0. The van der Waals surface area contributed by atoms with Crippen molar-refractivity contribution in [2.75, 3.05) is 27.2 Å². The summed E-state index contributed by atoms with van der Waals surface area (Å²) in [6, 6.07) is 0. The quantitative estimate of drug-likeness (QED) is 0.399. The molecule has 0 bridgehead atoms. The molecule has 1 aliphatic heterocycles. The van der Waals surface area contributed by atoms with Crippen molar-refractivity contribution in [2.24, 2.45) is 5.92 Å². The van der Waals surface area contributed by atoms with E-state index in [1.807, 2.05) is 0 Å². The topological polar surface area (TPSA) is 9.23 Å². The molecule has 2 nitrogen and oxygen atoms in total. The summed E-state index contributed by atoms with van der Waals surface area (Å²) in [7, 11) is 4.47. The van der Waals surface area contributed by atoms with Crippen LogP contribution in [0.5, 0.6) is 0 Å². The second-order valence-corrected chi connectivity index (χ2v) is 4.01. The van der Waals surface area contributed by atoms with Crippen molar-refractivity contribution in [3.63, 3.8) is 0 Å². The maximum atomic E-state index is 5.60. The van der Waals surface area contributed by atoms with Gasteiger partial charge in [0.1, 0.15) is 13.2 Å². The molecule has 1 fully saturated rings. The molecule has 0 aromatic carbocycles. The Kier molecular flexibility index (Phi) is 4.29. The molecule has 11 heavy (non-hydrogen) atoms. The number of hydrogen-bond donors (Lipinski definition) is 0. The molecule has 68 valence electrons. The summed E-state index contributed by atoms with van der Waals surface area (Å²) in [5.41, 5.74) is 0. The minimum atomic E-state index is 0. The van der Waals surface area contributed by atoms with E-state index >= 15 is 0 Å². The van der Waals surface area contributed by atoms with Crippen LogP contribution in [0, 0.1) is 5.92 Å². The lowest BCUT2D eigenvalue weighted by atomic mass is 10.1. The molecule has 0 N–H and O–H groups in total. The van der Waals surface area contributed by atoms with E-state index in [1.54, 1.807) is 0 Å². The summed E-state index contributed by atoms with van der Waals surface area (Å²) in [5.74, 6) is 0.637. The van der Waals surface area contributed by atoms with Gasteiger partial charge >= 0.3 is 0 Å². The Morgan fingerprint density at radius 2 is 1.91 bits per heavy atom. The number of likely N-dealkylation sites (N-methyl/N-ethyl adjacent to an activating group) is 1. The third-order valence-electron chi connectivity index (χ3n) is 2.22. The normalized spacial score (nSPS) is 28.6. The highest BCUT2D eigenvalue weighted by atomic mass is 127. The van der Waals surface area contributed by atoms with Gasteiger partial charge in [0.2, 0.25) is 0 Å². The Labute approximate surface area is 86.5 Å². The van der Waals surface area contributed by atoms with E-state index in [1.165, 1.54) is 0 Å². The Morgan fingerprint density at radius 1 is 1.36 bits per heavy atom. The van der Waals surface area contributed by atoms with Crippen LogP contribution in [0.2, 0.25) is 0 Å². The average Bonchev–Trinajstić information content (AvgIpc) is 2.08. The molecule has 0 spiro atoms. The number of rotatable bonds is 1. The van der Waals surface area contributed by atoms with Crippen molar-refractivity contribution in [2.45, 2.75) is 20.1 Å². The monoisotopic (exact) mass is 271 g/mol. The lowest BCUT2D eigenvalue weighted by molar-refractivity contribution is -0.918. The third kappa shape index (κ3) is 2.56. The summed E-state index contributed by atoms with van der Waals surface area (Å²) in [6.45, 7) is 6.52. The van der Waals surface area contributed by atoms with Gasteiger partial charge in [0.25, 0.3) is 0 Å². The molecular formula is C8H18INO. The van der Waals surface area contributed by atoms with Gasteiger partial charge in [-0.3, -0.25) is 0 Å². The maximum absolute atomic E-state index is 5.60. The maximum Gasteiger partial charge on any atom is 0.195 e. The van der Waals surface area contributed by atoms with E-state index in [2.05, 4.69) is 27.9 Å². The van der Waals surface area contributed by atoms with Crippen molar-refractivity contribution >= 4 is 0 Å². The summed E-state index contributed by atoms with van der Waals surface area (Å²) >= 11 is 0. The lowest BCUT2D eigenvalue weighted by Gasteiger charge is -2.31. The fourth-order valence-corrected chi connectivity index (χ4v) is 1.74. The van der Waals surface area contributed by atoms with Gasteiger partial charge in [0.05, 0.1) is 14.1 Å². The molecule has 0 aromatic rings. The van der Waals surface area contributed by atoms with Crippen LogP contribution in [0.25, 0.3) is 0 Å². The standard InChI is InChI=1S/C8H18NO.HI/c1-7(2)8-9(3,4)5-6-10-8;/h7-8H,5-6H2,1-4H3;1H/q+1;/p-1. The molecule has 1 saturated heterocycles. The molecule has 0 aromatic heterocycles. The van der Waals surface area contributed by atoms with Crippen molar-refractivity contribution < 1.29 is 33.2 Å². The van der Waals surface area contributed by atoms with Gasteiger partial charge in [0, 0.05) is 5.92 Å². The van der Waals surface area contributed by atoms with E-state index in [9.17, 15) is 0 Å². The second kappa shape index (κ2) is 4.05. The van der Waals surface area contributed by atoms with Crippen LogP contribution in [0.4, 0.5) is 0 Å².